The Bertz CT molecular complexity index is 1060. The zero-order valence-electron chi connectivity index (χ0n) is 14.0. The van der Waals surface area contributed by atoms with Crippen molar-refractivity contribution in [1.29, 1.82) is 0 Å². The number of phenols is 1. The third kappa shape index (κ3) is 4.73. The number of hydrogen-bond acceptors (Lipinski definition) is 7. The number of thioether (sulfide) groups is 1. The maximum atomic E-state index is 9.76. The molecular formula is C19H14N4OS2Se. The monoisotopic (exact) mass is 458 g/mol. The average Bonchev–Trinajstić information content (AvgIpc) is 3.36. The molecule has 134 valence electrons. The van der Waals surface area contributed by atoms with Crippen LogP contribution in [0.15, 0.2) is 68.9 Å². The Morgan fingerprint density at radius 2 is 1.89 bits per heavy atom. The molecule has 0 aliphatic heterocycles. The van der Waals surface area contributed by atoms with E-state index in [4.69, 9.17) is 4.98 Å². The molecule has 0 aliphatic rings. The van der Waals surface area contributed by atoms with Crippen LogP contribution in [0, 0.1) is 0 Å². The SMILES string of the molecule is Oc1ccccc1/C=N/c1nnc(SCc2c[se]c(-c3ccccc3)n2)s1. The third-order valence-electron chi connectivity index (χ3n) is 3.56. The molecule has 8 heteroatoms. The van der Waals surface area contributed by atoms with Gasteiger partial charge in [0, 0.05) is 0 Å². The van der Waals surface area contributed by atoms with Gasteiger partial charge in [-0.15, -0.1) is 0 Å². The van der Waals surface area contributed by atoms with E-state index in [1.54, 1.807) is 36.2 Å². The van der Waals surface area contributed by atoms with Gasteiger partial charge in [-0.2, -0.15) is 0 Å². The number of phenolic OH excluding ortho intramolecular Hbond substituents is 1. The number of hydrogen-bond donors (Lipinski definition) is 1. The van der Waals surface area contributed by atoms with E-state index in [0.717, 1.165) is 15.8 Å². The van der Waals surface area contributed by atoms with Gasteiger partial charge in [0.15, 0.2) is 0 Å². The van der Waals surface area contributed by atoms with E-state index in [-0.39, 0.29) is 20.3 Å². The quantitative estimate of drug-likeness (QED) is 0.264. The summed E-state index contributed by atoms with van der Waals surface area (Å²) in [4.78, 5) is 11.3. The number of para-hydroxylation sites is 1. The van der Waals surface area contributed by atoms with Crippen molar-refractivity contribution in [1.82, 2.24) is 15.2 Å². The fourth-order valence-electron chi connectivity index (χ4n) is 2.26. The predicted molar refractivity (Wildman–Crippen MR) is 111 cm³/mol. The van der Waals surface area contributed by atoms with E-state index < -0.39 is 0 Å². The molecule has 0 fully saturated rings. The first-order valence-corrected chi connectivity index (χ1v) is 11.7. The minimum absolute atomic E-state index is 0.197. The maximum absolute atomic E-state index is 9.76. The molecule has 0 saturated heterocycles. The molecule has 0 bridgehead atoms. The van der Waals surface area contributed by atoms with Gasteiger partial charge in [0.05, 0.1) is 0 Å². The summed E-state index contributed by atoms with van der Waals surface area (Å²) in [6.07, 6.45) is 1.60. The van der Waals surface area contributed by atoms with Crippen molar-refractivity contribution < 1.29 is 5.11 Å². The van der Waals surface area contributed by atoms with E-state index in [9.17, 15) is 5.11 Å². The van der Waals surface area contributed by atoms with Gasteiger partial charge in [0.1, 0.15) is 0 Å². The molecule has 2 heterocycles. The average molecular weight is 457 g/mol. The molecule has 2 aromatic heterocycles. The Kier molecular flexibility index (Phi) is 5.79. The summed E-state index contributed by atoms with van der Waals surface area (Å²) in [6.45, 7) is 0. The van der Waals surface area contributed by atoms with Gasteiger partial charge in [0.2, 0.25) is 0 Å². The standard InChI is InChI=1S/C19H14N4OS2Se/c24-16-9-5-4-8-14(16)10-20-18-22-23-19(26-18)25-11-15-12-27-17(21-15)13-6-2-1-3-7-13/h1-10,12,24H,11H2/b20-10+. The molecule has 0 saturated carbocycles. The van der Waals surface area contributed by atoms with Crippen LogP contribution in [0.25, 0.3) is 10.1 Å². The summed E-state index contributed by atoms with van der Waals surface area (Å²) < 4.78 is 2.03. The second-order valence-corrected chi connectivity index (χ2v) is 9.45. The molecule has 0 amide bonds. The number of nitrogens with zero attached hydrogens (tertiary/aromatic N) is 4. The molecule has 0 atom stereocenters. The van der Waals surface area contributed by atoms with Crippen LogP contribution in [0.4, 0.5) is 5.13 Å². The van der Waals surface area contributed by atoms with Gasteiger partial charge < -0.3 is 0 Å². The molecule has 5 nitrogen and oxygen atoms in total. The van der Waals surface area contributed by atoms with Crippen molar-refractivity contribution in [2.45, 2.75) is 10.1 Å². The summed E-state index contributed by atoms with van der Waals surface area (Å²) in [5.74, 6) is 0.970. The van der Waals surface area contributed by atoms with Crippen LogP contribution in [0.3, 0.4) is 0 Å². The van der Waals surface area contributed by atoms with Crippen molar-refractivity contribution >= 4 is 48.9 Å². The van der Waals surface area contributed by atoms with E-state index in [2.05, 4.69) is 32.3 Å². The molecule has 4 rings (SSSR count). The van der Waals surface area contributed by atoms with Crippen molar-refractivity contribution in [2.24, 2.45) is 4.99 Å². The summed E-state index contributed by atoms with van der Waals surface area (Å²) in [7, 11) is 0. The molecular weight excluding hydrogens is 443 g/mol. The number of aromatic nitrogens is 3. The Balaban J connectivity index is 1.37. The normalized spacial score (nSPS) is 11.3. The third-order valence-corrected chi connectivity index (χ3v) is 7.53. The zero-order valence-corrected chi connectivity index (χ0v) is 17.4. The van der Waals surface area contributed by atoms with Gasteiger partial charge in [-0.3, -0.25) is 0 Å². The van der Waals surface area contributed by atoms with E-state index in [1.807, 2.05) is 24.3 Å². The van der Waals surface area contributed by atoms with Crippen LogP contribution in [0.5, 0.6) is 5.75 Å². The van der Waals surface area contributed by atoms with Crippen molar-refractivity contribution in [3.63, 3.8) is 0 Å². The van der Waals surface area contributed by atoms with E-state index in [0.29, 0.717) is 10.7 Å². The fourth-order valence-corrected chi connectivity index (χ4v) is 5.81. The van der Waals surface area contributed by atoms with Crippen LogP contribution in [-0.2, 0) is 5.75 Å². The zero-order chi connectivity index (χ0) is 18.5. The van der Waals surface area contributed by atoms with Crippen molar-refractivity contribution in [3.05, 3.63) is 70.8 Å². The Hall–Kier alpha value is -2.25. The first kappa shape index (κ1) is 18.1. The first-order valence-electron chi connectivity index (χ1n) is 8.06. The van der Waals surface area contributed by atoms with Crippen LogP contribution >= 0.6 is 23.1 Å². The summed E-state index contributed by atoms with van der Waals surface area (Å²) in [6, 6.07) is 17.4. The predicted octanol–water partition coefficient (Wildman–Crippen LogP) is 4.41. The first-order chi connectivity index (χ1) is 13.3. The topological polar surface area (TPSA) is 71.3 Å². The number of rotatable bonds is 6. The summed E-state index contributed by atoms with van der Waals surface area (Å²) in [5.41, 5.74) is 2.95. The number of benzene rings is 2. The van der Waals surface area contributed by atoms with Crippen LogP contribution in [-0.4, -0.2) is 41.0 Å². The minimum atomic E-state index is 0.197. The van der Waals surface area contributed by atoms with Gasteiger partial charge >= 0.3 is 165 Å². The van der Waals surface area contributed by atoms with Crippen LogP contribution < -0.4 is 0 Å². The Morgan fingerprint density at radius 1 is 1.07 bits per heavy atom. The number of aromatic hydroxyl groups is 1. The fraction of sp³-hybridized carbons (Fsp3) is 0.0526. The second-order valence-electron chi connectivity index (χ2n) is 5.47. The van der Waals surface area contributed by atoms with Crippen LogP contribution in [0.2, 0.25) is 0 Å². The molecule has 0 spiro atoms. The number of aliphatic imine (C=N–C) groups is 1. The Morgan fingerprint density at radius 3 is 2.74 bits per heavy atom. The Labute approximate surface area is 170 Å². The van der Waals surface area contributed by atoms with Crippen LogP contribution in [0.1, 0.15) is 11.3 Å². The van der Waals surface area contributed by atoms with Gasteiger partial charge in [0.25, 0.3) is 0 Å². The molecule has 0 unspecified atom stereocenters. The van der Waals surface area contributed by atoms with Crippen molar-refractivity contribution in [2.75, 3.05) is 0 Å². The van der Waals surface area contributed by atoms with Gasteiger partial charge in [-0.25, -0.2) is 0 Å². The summed E-state index contributed by atoms with van der Waals surface area (Å²) >= 11 is 3.33. The van der Waals surface area contributed by atoms with E-state index in [1.165, 1.54) is 21.5 Å². The molecule has 27 heavy (non-hydrogen) atoms. The second kappa shape index (κ2) is 8.63. The summed E-state index contributed by atoms with van der Waals surface area (Å²) in [5, 5.41) is 18.6. The molecule has 2 aromatic carbocycles. The molecule has 0 radical (unpaired) electrons. The van der Waals surface area contributed by atoms with Gasteiger partial charge in [-0.05, 0) is 0 Å². The molecule has 0 aliphatic carbocycles. The van der Waals surface area contributed by atoms with E-state index >= 15 is 0 Å². The molecule has 1 N–H and O–H groups in total. The molecule has 4 aromatic rings. The van der Waals surface area contributed by atoms with Gasteiger partial charge in [-0.1, -0.05) is 6.07 Å². The van der Waals surface area contributed by atoms with Crippen molar-refractivity contribution in [3.8, 4) is 15.9 Å².